The molecular formula is C21H20NO+. The largest absolute Gasteiger partial charge is 0.455 e. The lowest BCUT2D eigenvalue weighted by atomic mass is 9.96. The second kappa shape index (κ2) is 4.95. The Morgan fingerprint density at radius 1 is 0.826 bits per heavy atom. The molecule has 23 heavy (non-hydrogen) atoms. The van der Waals surface area contributed by atoms with Crippen molar-refractivity contribution >= 4 is 21.9 Å². The summed E-state index contributed by atoms with van der Waals surface area (Å²) in [7, 11) is 2.08. The molecule has 0 atom stereocenters. The van der Waals surface area contributed by atoms with Gasteiger partial charge in [-0.25, -0.2) is 4.57 Å². The van der Waals surface area contributed by atoms with Gasteiger partial charge in [0.15, 0.2) is 6.20 Å². The quantitative estimate of drug-likeness (QED) is 0.452. The van der Waals surface area contributed by atoms with Crippen LogP contribution in [0.3, 0.4) is 0 Å². The zero-order valence-corrected chi connectivity index (χ0v) is 14.0. The van der Waals surface area contributed by atoms with E-state index in [-0.39, 0.29) is 0 Å². The molecule has 2 heteroatoms. The van der Waals surface area contributed by atoms with Gasteiger partial charge >= 0.3 is 0 Å². The number of nitrogens with zero attached hydrogens (tertiary/aromatic N) is 1. The molecule has 2 aromatic carbocycles. The standard InChI is InChI=1S/C21H20NO/c1-13-8-7-9-16-18-14(2)12-15(3)19(21(18)23-20(13)16)17-10-5-6-11-22(17)4/h5-12H,1-4H3/q+1. The second-order valence-electron chi connectivity index (χ2n) is 6.34. The first kappa shape index (κ1) is 14.0. The van der Waals surface area contributed by atoms with Crippen LogP contribution in [0.2, 0.25) is 0 Å². The molecule has 2 heterocycles. The van der Waals surface area contributed by atoms with Crippen LogP contribution in [0.15, 0.2) is 53.1 Å². The summed E-state index contributed by atoms with van der Waals surface area (Å²) < 4.78 is 8.52. The van der Waals surface area contributed by atoms with E-state index in [2.05, 4.69) is 75.0 Å². The lowest BCUT2D eigenvalue weighted by Gasteiger charge is -2.07. The highest BCUT2D eigenvalue weighted by Crippen LogP contribution is 2.39. The van der Waals surface area contributed by atoms with Crippen molar-refractivity contribution in [3.05, 3.63) is 65.4 Å². The van der Waals surface area contributed by atoms with Gasteiger partial charge in [0.05, 0.1) is 5.56 Å². The maximum absolute atomic E-state index is 6.37. The number of aryl methyl sites for hydroxylation is 4. The molecule has 0 spiro atoms. The summed E-state index contributed by atoms with van der Waals surface area (Å²) in [5.41, 5.74) is 8.04. The van der Waals surface area contributed by atoms with Gasteiger partial charge in [0.2, 0.25) is 5.69 Å². The molecule has 2 aromatic heterocycles. The highest BCUT2D eigenvalue weighted by molar-refractivity contribution is 6.12. The molecule has 0 amide bonds. The van der Waals surface area contributed by atoms with Crippen LogP contribution in [-0.2, 0) is 7.05 Å². The Hall–Kier alpha value is -2.61. The molecule has 4 aromatic rings. The average molecular weight is 302 g/mol. The van der Waals surface area contributed by atoms with Crippen LogP contribution in [-0.4, -0.2) is 0 Å². The van der Waals surface area contributed by atoms with Crippen molar-refractivity contribution in [1.82, 2.24) is 0 Å². The average Bonchev–Trinajstić information content (AvgIpc) is 2.90. The molecule has 0 aliphatic carbocycles. The monoisotopic (exact) mass is 302 g/mol. The van der Waals surface area contributed by atoms with Crippen LogP contribution >= 0.6 is 0 Å². The normalized spacial score (nSPS) is 11.5. The van der Waals surface area contributed by atoms with Crippen molar-refractivity contribution in [1.29, 1.82) is 0 Å². The summed E-state index contributed by atoms with van der Waals surface area (Å²) in [5.74, 6) is 0. The van der Waals surface area contributed by atoms with Gasteiger partial charge in [-0.2, -0.15) is 0 Å². The van der Waals surface area contributed by atoms with Gasteiger partial charge in [-0.3, -0.25) is 0 Å². The molecule has 0 unspecified atom stereocenters. The van der Waals surface area contributed by atoms with E-state index in [1.54, 1.807) is 0 Å². The number of hydrogen-bond donors (Lipinski definition) is 0. The second-order valence-corrected chi connectivity index (χ2v) is 6.34. The van der Waals surface area contributed by atoms with Gasteiger partial charge in [0.25, 0.3) is 0 Å². The van der Waals surface area contributed by atoms with E-state index < -0.39 is 0 Å². The van der Waals surface area contributed by atoms with E-state index >= 15 is 0 Å². The molecule has 2 nitrogen and oxygen atoms in total. The Morgan fingerprint density at radius 3 is 2.43 bits per heavy atom. The lowest BCUT2D eigenvalue weighted by Crippen LogP contribution is -2.30. The summed E-state index contributed by atoms with van der Waals surface area (Å²) >= 11 is 0. The number of furan rings is 1. The molecule has 0 saturated heterocycles. The molecular weight excluding hydrogens is 282 g/mol. The van der Waals surface area contributed by atoms with E-state index in [1.165, 1.54) is 38.7 Å². The predicted octanol–water partition coefficient (Wildman–Crippen LogP) is 5.00. The summed E-state index contributed by atoms with van der Waals surface area (Å²) in [6, 6.07) is 14.9. The maximum Gasteiger partial charge on any atom is 0.216 e. The number of rotatable bonds is 1. The van der Waals surface area contributed by atoms with E-state index in [9.17, 15) is 0 Å². The Morgan fingerprint density at radius 2 is 1.65 bits per heavy atom. The molecule has 114 valence electrons. The van der Waals surface area contributed by atoms with Crippen molar-refractivity contribution in [3.63, 3.8) is 0 Å². The first-order valence-electron chi connectivity index (χ1n) is 7.95. The number of fused-ring (bicyclic) bond motifs is 3. The minimum atomic E-state index is 0.994. The summed E-state index contributed by atoms with van der Waals surface area (Å²) in [5, 5.41) is 2.44. The van der Waals surface area contributed by atoms with Crippen LogP contribution in [0, 0.1) is 20.8 Å². The third-order valence-corrected chi connectivity index (χ3v) is 4.67. The van der Waals surface area contributed by atoms with Crippen molar-refractivity contribution in [2.45, 2.75) is 20.8 Å². The molecule has 0 aliphatic rings. The third-order valence-electron chi connectivity index (χ3n) is 4.67. The lowest BCUT2D eigenvalue weighted by molar-refractivity contribution is -0.660. The van der Waals surface area contributed by atoms with Crippen molar-refractivity contribution < 1.29 is 8.98 Å². The van der Waals surface area contributed by atoms with Crippen LogP contribution < -0.4 is 4.57 Å². The van der Waals surface area contributed by atoms with Crippen LogP contribution in [0.5, 0.6) is 0 Å². The fourth-order valence-corrected chi connectivity index (χ4v) is 3.58. The van der Waals surface area contributed by atoms with Crippen molar-refractivity contribution in [3.8, 4) is 11.3 Å². The third kappa shape index (κ3) is 1.98. The topological polar surface area (TPSA) is 17.0 Å². The smallest absolute Gasteiger partial charge is 0.216 e. The van der Waals surface area contributed by atoms with E-state index in [0.29, 0.717) is 0 Å². The minimum Gasteiger partial charge on any atom is -0.455 e. The van der Waals surface area contributed by atoms with Crippen LogP contribution in [0.25, 0.3) is 33.2 Å². The van der Waals surface area contributed by atoms with Crippen molar-refractivity contribution in [2.24, 2.45) is 7.05 Å². The minimum absolute atomic E-state index is 0.994. The number of aromatic nitrogens is 1. The number of benzene rings is 2. The molecule has 0 saturated carbocycles. The SMILES string of the molecule is Cc1cc(C)c2c(oc3c(C)cccc32)c1-c1cccc[n+]1C. The highest BCUT2D eigenvalue weighted by Gasteiger charge is 2.21. The number of hydrogen-bond acceptors (Lipinski definition) is 1. The fourth-order valence-electron chi connectivity index (χ4n) is 3.58. The van der Waals surface area contributed by atoms with Crippen LogP contribution in [0.1, 0.15) is 16.7 Å². The predicted molar refractivity (Wildman–Crippen MR) is 94.5 cm³/mol. The number of para-hydroxylation sites is 1. The Kier molecular flexibility index (Phi) is 3.02. The molecule has 0 N–H and O–H groups in total. The molecule has 0 fully saturated rings. The number of pyridine rings is 1. The molecule has 4 rings (SSSR count). The maximum atomic E-state index is 6.37. The summed E-state index contributed by atoms with van der Waals surface area (Å²) in [4.78, 5) is 0. The fraction of sp³-hybridized carbons (Fsp3) is 0.190. The Balaban J connectivity index is 2.23. The van der Waals surface area contributed by atoms with Gasteiger partial charge in [0.1, 0.15) is 18.2 Å². The first-order chi connectivity index (χ1) is 11.1. The van der Waals surface area contributed by atoms with E-state index in [0.717, 1.165) is 11.2 Å². The van der Waals surface area contributed by atoms with Crippen molar-refractivity contribution in [2.75, 3.05) is 0 Å². The Bertz CT molecular complexity index is 1060. The van der Waals surface area contributed by atoms with Crippen LogP contribution in [0.4, 0.5) is 0 Å². The van der Waals surface area contributed by atoms with Gasteiger partial charge in [-0.05, 0) is 43.5 Å². The zero-order valence-electron chi connectivity index (χ0n) is 14.0. The van der Waals surface area contributed by atoms with E-state index in [4.69, 9.17) is 4.42 Å². The molecule has 0 bridgehead atoms. The highest BCUT2D eigenvalue weighted by atomic mass is 16.3. The Labute approximate surface area is 136 Å². The van der Waals surface area contributed by atoms with Gasteiger partial charge < -0.3 is 4.42 Å². The molecule has 0 aliphatic heterocycles. The van der Waals surface area contributed by atoms with Gasteiger partial charge in [-0.1, -0.05) is 24.3 Å². The first-order valence-corrected chi connectivity index (χ1v) is 7.95. The van der Waals surface area contributed by atoms with Gasteiger partial charge in [0, 0.05) is 22.9 Å². The summed E-state index contributed by atoms with van der Waals surface area (Å²) in [6.45, 7) is 6.44. The summed E-state index contributed by atoms with van der Waals surface area (Å²) in [6.07, 6.45) is 2.08. The zero-order chi connectivity index (χ0) is 16.1. The van der Waals surface area contributed by atoms with Gasteiger partial charge in [-0.15, -0.1) is 0 Å². The van der Waals surface area contributed by atoms with E-state index in [1.807, 2.05) is 6.07 Å². The molecule has 0 radical (unpaired) electrons.